The molecule has 3 aliphatic rings. The average molecular weight is 456 g/mol. The summed E-state index contributed by atoms with van der Waals surface area (Å²) in [6.07, 6.45) is 5.34. The molecule has 2 amide bonds. The highest BCUT2D eigenvalue weighted by molar-refractivity contribution is 6.08. The van der Waals surface area contributed by atoms with Crippen molar-refractivity contribution in [3.05, 3.63) is 65.7 Å². The van der Waals surface area contributed by atoms with Crippen LogP contribution in [0, 0.1) is 23.2 Å². The van der Waals surface area contributed by atoms with Crippen LogP contribution in [0.1, 0.15) is 49.7 Å². The van der Waals surface area contributed by atoms with E-state index in [1.807, 2.05) is 54.6 Å². The summed E-state index contributed by atoms with van der Waals surface area (Å²) >= 11 is 0. The summed E-state index contributed by atoms with van der Waals surface area (Å²) in [6.45, 7) is 0.121. The second kappa shape index (κ2) is 9.06. The minimum absolute atomic E-state index is 0.0116. The Hall–Kier alpha value is -3.46. The molecule has 1 unspecified atom stereocenters. The Balaban J connectivity index is 1.47. The number of carbonyl (C=O) groups is 3. The summed E-state index contributed by atoms with van der Waals surface area (Å²) in [5, 5.41) is 12.9. The fraction of sp³-hybridized carbons (Fsp3) is 0.429. The molecule has 6 heteroatoms. The molecule has 2 aromatic rings. The van der Waals surface area contributed by atoms with Crippen LogP contribution in [0.4, 0.5) is 5.69 Å². The van der Waals surface area contributed by atoms with Crippen LogP contribution in [-0.4, -0.2) is 35.1 Å². The van der Waals surface area contributed by atoms with Crippen LogP contribution < -0.4 is 5.32 Å². The molecule has 1 spiro atoms. The van der Waals surface area contributed by atoms with Crippen LogP contribution in [0.25, 0.3) is 0 Å². The van der Waals surface area contributed by atoms with Gasteiger partial charge in [-0.3, -0.25) is 14.4 Å². The van der Waals surface area contributed by atoms with Crippen molar-refractivity contribution >= 4 is 23.3 Å². The van der Waals surface area contributed by atoms with Crippen molar-refractivity contribution < 1.29 is 14.4 Å². The molecule has 2 heterocycles. The first-order valence-corrected chi connectivity index (χ1v) is 12.2. The third kappa shape index (κ3) is 3.79. The smallest absolute Gasteiger partial charge is 0.237 e. The normalized spacial score (nSPS) is 25.0. The van der Waals surface area contributed by atoms with E-state index in [2.05, 4.69) is 11.4 Å². The molecule has 2 aliphatic heterocycles. The van der Waals surface area contributed by atoms with Gasteiger partial charge >= 0.3 is 0 Å². The molecule has 1 aliphatic carbocycles. The number of Topliss-reactive ketones (excluding diaryl/α,β-unsaturated/α-hetero) is 1. The Morgan fingerprint density at radius 2 is 1.76 bits per heavy atom. The Morgan fingerprint density at radius 1 is 1.06 bits per heavy atom. The van der Waals surface area contributed by atoms with E-state index >= 15 is 0 Å². The summed E-state index contributed by atoms with van der Waals surface area (Å²) in [7, 11) is 0. The lowest BCUT2D eigenvalue weighted by atomic mass is 9.79. The summed E-state index contributed by atoms with van der Waals surface area (Å²) in [6, 6.07) is 18.6. The average Bonchev–Trinajstić information content (AvgIpc) is 3.41. The molecule has 3 atom stereocenters. The largest absolute Gasteiger partial charge is 0.325 e. The molecule has 5 rings (SSSR count). The van der Waals surface area contributed by atoms with E-state index in [-0.39, 0.29) is 36.5 Å². The van der Waals surface area contributed by atoms with Crippen molar-refractivity contribution in [1.82, 2.24) is 4.90 Å². The Kier molecular flexibility index (Phi) is 5.95. The number of rotatable bonds is 5. The molecule has 0 radical (unpaired) electrons. The van der Waals surface area contributed by atoms with E-state index in [1.165, 1.54) is 4.90 Å². The van der Waals surface area contributed by atoms with E-state index in [4.69, 9.17) is 0 Å². The summed E-state index contributed by atoms with van der Waals surface area (Å²) in [4.78, 5) is 42.3. The van der Waals surface area contributed by atoms with Gasteiger partial charge in [-0.15, -0.1) is 0 Å². The third-order valence-corrected chi connectivity index (χ3v) is 7.85. The van der Waals surface area contributed by atoms with Gasteiger partial charge in [-0.05, 0) is 36.5 Å². The molecule has 174 valence electrons. The second-order valence-corrected chi connectivity index (χ2v) is 9.88. The number of amides is 2. The standard InChI is InChI=1S/C28H29N3O3/c29-17-21-16-28(23-13-7-8-14-24(23)30-27(28)34)18-31(21)26(33)22(15-19-9-3-1-4-10-19)25(32)20-11-5-2-6-12-20/h1,3-4,7-10,13-14,20-22H,2,5-6,11-12,15-16,18H2,(H,30,34)/t21-,22?,28-/m0/s1. The van der Waals surface area contributed by atoms with Gasteiger partial charge in [-0.1, -0.05) is 67.8 Å². The van der Waals surface area contributed by atoms with Gasteiger partial charge in [0.25, 0.3) is 0 Å². The molecule has 34 heavy (non-hydrogen) atoms. The van der Waals surface area contributed by atoms with E-state index in [9.17, 15) is 19.6 Å². The minimum Gasteiger partial charge on any atom is -0.325 e. The highest BCUT2D eigenvalue weighted by atomic mass is 16.2. The maximum absolute atomic E-state index is 14.0. The van der Waals surface area contributed by atoms with E-state index in [0.29, 0.717) is 6.42 Å². The zero-order valence-electron chi connectivity index (χ0n) is 19.2. The number of benzene rings is 2. The van der Waals surface area contributed by atoms with Crippen LogP contribution in [0.5, 0.6) is 0 Å². The molecule has 2 aromatic carbocycles. The fourth-order valence-electron chi connectivity index (χ4n) is 6.02. The molecular weight excluding hydrogens is 426 g/mol. The third-order valence-electron chi connectivity index (χ3n) is 7.85. The molecule has 1 saturated heterocycles. The van der Waals surface area contributed by atoms with Gasteiger partial charge in [0, 0.05) is 24.6 Å². The van der Waals surface area contributed by atoms with Gasteiger partial charge < -0.3 is 10.2 Å². The number of hydrogen-bond donors (Lipinski definition) is 1. The highest BCUT2D eigenvalue weighted by Gasteiger charge is 2.56. The topological polar surface area (TPSA) is 90.3 Å². The number of nitriles is 1. The van der Waals surface area contributed by atoms with Crippen LogP contribution in [0.3, 0.4) is 0 Å². The van der Waals surface area contributed by atoms with Crippen molar-refractivity contribution in [2.75, 3.05) is 11.9 Å². The number of nitrogens with zero attached hydrogens (tertiary/aromatic N) is 2. The molecular formula is C28H29N3O3. The predicted molar refractivity (Wildman–Crippen MR) is 128 cm³/mol. The van der Waals surface area contributed by atoms with Crippen molar-refractivity contribution in [3.8, 4) is 6.07 Å². The number of carbonyl (C=O) groups excluding carboxylic acids is 3. The van der Waals surface area contributed by atoms with Crippen molar-refractivity contribution in [2.45, 2.75) is 56.4 Å². The lowest BCUT2D eigenvalue weighted by molar-refractivity contribution is -0.143. The maximum Gasteiger partial charge on any atom is 0.237 e. The Labute approximate surface area is 199 Å². The SMILES string of the molecule is N#C[C@@H]1C[C@@]2(CN1C(=O)C(Cc1ccccc1)C(=O)C1CCCCC1)C(=O)Nc1ccccc12. The lowest BCUT2D eigenvalue weighted by Gasteiger charge is -2.29. The number of anilines is 1. The molecule has 0 aromatic heterocycles. The molecule has 1 N–H and O–H groups in total. The second-order valence-electron chi connectivity index (χ2n) is 9.88. The van der Waals surface area contributed by atoms with Crippen LogP contribution in [0.2, 0.25) is 0 Å². The number of fused-ring (bicyclic) bond motifs is 2. The first-order valence-electron chi connectivity index (χ1n) is 12.2. The number of hydrogen-bond acceptors (Lipinski definition) is 4. The van der Waals surface area contributed by atoms with Gasteiger partial charge in [0.15, 0.2) is 0 Å². The monoisotopic (exact) mass is 455 g/mol. The Bertz CT molecular complexity index is 1150. The lowest BCUT2D eigenvalue weighted by Crippen LogP contribution is -2.46. The van der Waals surface area contributed by atoms with Crippen LogP contribution >= 0.6 is 0 Å². The first kappa shape index (κ1) is 22.3. The summed E-state index contributed by atoms with van der Waals surface area (Å²) < 4.78 is 0. The number of nitrogens with one attached hydrogen (secondary N) is 1. The van der Waals surface area contributed by atoms with Crippen molar-refractivity contribution in [1.29, 1.82) is 5.26 Å². The molecule has 1 saturated carbocycles. The van der Waals surface area contributed by atoms with Gasteiger partial charge in [-0.25, -0.2) is 0 Å². The van der Waals surface area contributed by atoms with Crippen molar-refractivity contribution in [3.63, 3.8) is 0 Å². The number of ketones is 1. The number of likely N-dealkylation sites (tertiary alicyclic amines) is 1. The molecule has 2 fully saturated rings. The van der Waals surface area contributed by atoms with Gasteiger partial charge in [0.1, 0.15) is 17.7 Å². The molecule has 6 nitrogen and oxygen atoms in total. The highest BCUT2D eigenvalue weighted by Crippen LogP contribution is 2.46. The fourth-order valence-corrected chi connectivity index (χ4v) is 6.02. The van der Waals surface area contributed by atoms with Gasteiger partial charge in [-0.2, -0.15) is 5.26 Å². The Morgan fingerprint density at radius 3 is 2.50 bits per heavy atom. The minimum atomic E-state index is -0.947. The number of para-hydroxylation sites is 1. The van der Waals surface area contributed by atoms with Crippen molar-refractivity contribution in [2.24, 2.45) is 11.8 Å². The zero-order valence-corrected chi connectivity index (χ0v) is 19.2. The summed E-state index contributed by atoms with van der Waals surface area (Å²) in [5.41, 5.74) is 1.54. The van der Waals surface area contributed by atoms with E-state index < -0.39 is 17.4 Å². The molecule has 0 bridgehead atoms. The van der Waals surface area contributed by atoms with Gasteiger partial charge in [0.2, 0.25) is 11.8 Å². The van der Waals surface area contributed by atoms with Crippen LogP contribution in [-0.2, 0) is 26.2 Å². The summed E-state index contributed by atoms with van der Waals surface area (Å²) in [5.74, 6) is -1.46. The quantitative estimate of drug-likeness (QED) is 0.690. The maximum atomic E-state index is 14.0. The predicted octanol–water partition coefficient (Wildman–Crippen LogP) is 4.01. The zero-order chi connectivity index (χ0) is 23.7. The first-order chi connectivity index (χ1) is 16.5. The van der Waals surface area contributed by atoms with Crippen LogP contribution in [0.15, 0.2) is 54.6 Å². The van der Waals surface area contributed by atoms with E-state index in [0.717, 1.165) is 48.9 Å². The van der Waals surface area contributed by atoms with Gasteiger partial charge in [0.05, 0.1) is 11.5 Å². The van der Waals surface area contributed by atoms with E-state index in [1.54, 1.807) is 0 Å².